The van der Waals surface area contributed by atoms with Gasteiger partial charge in [-0.05, 0) is 41.3 Å². The van der Waals surface area contributed by atoms with Gasteiger partial charge < -0.3 is 14.8 Å². The van der Waals surface area contributed by atoms with Crippen molar-refractivity contribution in [3.63, 3.8) is 0 Å². The molecule has 0 aliphatic heterocycles. The lowest BCUT2D eigenvalue weighted by Crippen LogP contribution is -2.33. The van der Waals surface area contributed by atoms with Crippen LogP contribution in [0.15, 0.2) is 72.1 Å². The quantitative estimate of drug-likeness (QED) is 0.559. The van der Waals surface area contributed by atoms with E-state index in [0.29, 0.717) is 10.8 Å². The van der Waals surface area contributed by atoms with Gasteiger partial charge in [-0.2, -0.15) is 0 Å². The van der Waals surface area contributed by atoms with Crippen LogP contribution >= 0.6 is 22.9 Å². The summed E-state index contributed by atoms with van der Waals surface area (Å²) in [5.41, 5.74) is 0.954. The fourth-order valence-corrected chi connectivity index (χ4v) is 3.41. The third-order valence-corrected chi connectivity index (χ3v) is 4.99. The predicted molar refractivity (Wildman–Crippen MR) is 109 cm³/mol. The van der Waals surface area contributed by atoms with Crippen molar-refractivity contribution in [2.75, 3.05) is 13.2 Å². The van der Waals surface area contributed by atoms with Crippen molar-refractivity contribution in [3.05, 3.63) is 87.6 Å². The van der Waals surface area contributed by atoms with Gasteiger partial charge in [0.15, 0.2) is 13.2 Å². The number of esters is 1. The molecular weight excluding hydrogens is 398 g/mol. The summed E-state index contributed by atoms with van der Waals surface area (Å²) in [4.78, 5) is 25.1. The Kier molecular flexibility index (Phi) is 7.06. The molecule has 144 valence electrons. The zero-order valence-electron chi connectivity index (χ0n) is 14.8. The van der Waals surface area contributed by atoms with Gasteiger partial charge >= 0.3 is 5.97 Å². The number of ether oxygens (including phenoxy) is 2. The number of hydrogen-bond donors (Lipinski definition) is 1. The van der Waals surface area contributed by atoms with E-state index >= 15 is 0 Å². The highest BCUT2D eigenvalue weighted by Gasteiger charge is 2.18. The maximum Gasteiger partial charge on any atom is 0.344 e. The van der Waals surface area contributed by atoms with Crippen molar-refractivity contribution in [1.82, 2.24) is 5.32 Å². The van der Waals surface area contributed by atoms with Gasteiger partial charge in [0.1, 0.15) is 5.75 Å². The summed E-state index contributed by atoms with van der Waals surface area (Å²) in [6.45, 7) is -0.667. The highest BCUT2D eigenvalue weighted by molar-refractivity contribution is 7.10. The summed E-state index contributed by atoms with van der Waals surface area (Å²) in [5.74, 6) is -0.521. The smallest absolute Gasteiger partial charge is 0.344 e. The van der Waals surface area contributed by atoms with Crippen LogP contribution in [0.2, 0.25) is 5.02 Å². The van der Waals surface area contributed by atoms with Gasteiger partial charge in [-0.1, -0.05) is 48.0 Å². The van der Waals surface area contributed by atoms with E-state index in [-0.39, 0.29) is 25.2 Å². The Labute approximate surface area is 171 Å². The van der Waals surface area contributed by atoms with Crippen LogP contribution in [0.25, 0.3) is 0 Å². The number of nitrogens with one attached hydrogen (secondary N) is 1. The van der Waals surface area contributed by atoms with Crippen LogP contribution in [0.4, 0.5) is 0 Å². The Morgan fingerprint density at radius 3 is 2.39 bits per heavy atom. The molecule has 3 aromatic rings. The molecule has 1 amide bonds. The second-order valence-electron chi connectivity index (χ2n) is 5.83. The van der Waals surface area contributed by atoms with Gasteiger partial charge in [-0.15, -0.1) is 11.3 Å². The van der Waals surface area contributed by atoms with Crippen LogP contribution < -0.4 is 10.1 Å². The lowest BCUT2D eigenvalue weighted by atomic mass is 10.1. The van der Waals surface area contributed by atoms with Gasteiger partial charge in [-0.25, -0.2) is 4.79 Å². The third-order valence-electron chi connectivity index (χ3n) is 3.80. The van der Waals surface area contributed by atoms with E-state index in [4.69, 9.17) is 21.1 Å². The van der Waals surface area contributed by atoms with Crippen LogP contribution in [-0.4, -0.2) is 25.1 Å². The standard InChI is InChI=1S/C21H18ClNO4S/c22-16-8-10-17(11-9-16)26-14-20(25)27-13-19(24)23-21(18-7-4-12-28-18)15-5-2-1-3-6-15/h1-12,21H,13-14H2,(H,23,24)/t21-/m0/s1. The molecule has 0 spiro atoms. The fourth-order valence-electron chi connectivity index (χ4n) is 2.48. The third kappa shape index (κ3) is 5.84. The Balaban J connectivity index is 1.50. The van der Waals surface area contributed by atoms with E-state index in [1.807, 2.05) is 47.8 Å². The molecule has 0 saturated carbocycles. The Morgan fingerprint density at radius 1 is 0.964 bits per heavy atom. The van der Waals surface area contributed by atoms with E-state index < -0.39 is 5.97 Å². The summed E-state index contributed by atoms with van der Waals surface area (Å²) in [7, 11) is 0. The number of hydrogen-bond acceptors (Lipinski definition) is 5. The number of rotatable bonds is 8. The maximum atomic E-state index is 12.3. The zero-order chi connectivity index (χ0) is 19.8. The molecule has 0 aliphatic rings. The van der Waals surface area contributed by atoms with E-state index in [0.717, 1.165) is 10.4 Å². The molecule has 0 unspecified atom stereocenters. The van der Waals surface area contributed by atoms with Gasteiger partial charge in [-0.3, -0.25) is 4.79 Å². The molecule has 0 bridgehead atoms. The average Bonchev–Trinajstić information content (AvgIpc) is 3.25. The number of carbonyl (C=O) groups is 2. The topological polar surface area (TPSA) is 64.6 Å². The molecule has 1 aromatic heterocycles. The van der Waals surface area contributed by atoms with E-state index in [9.17, 15) is 9.59 Å². The molecule has 0 aliphatic carbocycles. The molecule has 1 heterocycles. The van der Waals surface area contributed by atoms with Gasteiger partial charge in [0, 0.05) is 9.90 Å². The Bertz CT molecular complexity index is 898. The van der Waals surface area contributed by atoms with Gasteiger partial charge in [0.2, 0.25) is 0 Å². The number of thiophene rings is 1. The van der Waals surface area contributed by atoms with Gasteiger partial charge in [0.05, 0.1) is 6.04 Å². The first-order valence-corrected chi connectivity index (χ1v) is 9.79. The number of halogens is 1. The fraction of sp³-hybridized carbons (Fsp3) is 0.143. The summed E-state index contributed by atoms with van der Waals surface area (Å²) in [6.07, 6.45) is 0. The maximum absolute atomic E-state index is 12.3. The first-order chi connectivity index (χ1) is 13.6. The summed E-state index contributed by atoms with van der Waals surface area (Å²) >= 11 is 7.34. The molecular formula is C21H18ClNO4S. The second-order valence-corrected chi connectivity index (χ2v) is 7.25. The normalized spacial score (nSPS) is 11.5. The zero-order valence-corrected chi connectivity index (χ0v) is 16.4. The number of carbonyl (C=O) groups excluding carboxylic acids is 2. The Morgan fingerprint density at radius 2 is 1.71 bits per heavy atom. The van der Waals surface area contributed by atoms with E-state index in [1.165, 1.54) is 0 Å². The van der Waals surface area contributed by atoms with Crippen LogP contribution in [0, 0.1) is 0 Å². The monoisotopic (exact) mass is 415 g/mol. The Hall–Kier alpha value is -2.83. The van der Waals surface area contributed by atoms with Crippen molar-refractivity contribution < 1.29 is 19.1 Å². The van der Waals surface area contributed by atoms with Crippen molar-refractivity contribution >= 4 is 34.8 Å². The first kappa shape index (κ1) is 19.9. The van der Waals surface area contributed by atoms with Crippen LogP contribution in [0.3, 0.4) is 0 Å². The molecule has 2 aromatic carbocycles. The molecule has 0 fully saturated rings. The molecule has 1 atom stereocenters. The van der Waals surface area contributed by atoms with E-state index in [2.05, 4.69) is 5.32 Å². The molecule has 0 saturated heterocycles. The summed E-state index contributed by atoms with van der Waals surface area (Å²) < 4.78 is 10.3. The minimum Gasteiger partial charge on any atom is -0.482 e. The first-order valence-electron chi connectivity index (χ1n) is 8.53. The molecule has 7 heteroatoms. The van der Waals surface area contributed by atoms with Crippen molar-refractivity contribution in [2.24, 2.45) is 0 Å². The van der Waals surface area contributed by atoms with E-state index in [1.54, 1.807) is 35.6 Å². The largest absolute Gasteiger partial charge is 0.482 e. The summed E-state index contributed by atoms with van der Waals surface area (Å²) in [5, 5.41) is 5.43. The average molecular weight is 416 g/mol. The highest BCUT2D eigenvalue weighted by Crippen LogP contribution is 2.25. The number of benzene rings is 2. The number of amides is 1. The lowest BCUT2D eigenvalue weighted by molar-refractivity contribution is -0.150. The molecule has 28 heavy (non-hydrogen) atoms. The highest BCUT2D eigenvalue weighted by atomic mass is 35.5. The molecule has 5 nitrogen and oxygen atoms in total. The molecule has 0 radical (unpaired) electrons. The molecule has 3 rings (SSSR count). The van der Waals surface area contributed by atoms with Crippen LogP contribution in [0.1, 0.15) is 16.5 Å². The van der Waals surface area contributed by atoms with Gasteiger partial charge in [0.25, 0.3) is 5.91 Å². The minimum atomic E-state index is -0.627. The lowest BCUT2D eigenvalue weighted by Gasteiger charge is -2.18. The molecule has 1 N–H and O–H groups in total. The SMILES string of the molecule is O=C(COC(=O)COc1ccc(Cl)cc1)N[C@@H](c1ccccc1)c1cccs1. The summed E-state index contributed by atoms with van der Waals surface area (Å²) in [6, 6.07) is 19.8. The minimum absolute atomic E-state index is 0.290. The predicted octanol–water partition coefficient (Wildman–Crippen LogP) is 4.23. The van der Waals surface area contributed by atoms with Crippen LogP contribution in [-0.2, 0) is 14.3 Å². The van der Waals surface area contributed by atoms with Crippen molar-refractivity contribution in [2.45, 2.75) is 6.04 Å². The van der Waals surface area contributed by atoms with Crippen molar-refractivity contribution in [3.8, 4) is 5.75 Å². The second kappa shape index (κ2) is 9.92. The van der Waals surface area contributed by atoms with Crippen molar-refractivity contribution in [1.29, 1.82) is 0 Å². The van der Waals surface area contributed by atoms with Crippen LogP contribution in [0.5, 0.6) is 5.75 Å².